The van der Waals surface area contributed by atoms with Gasteiger partial charge in [-0.15, -0.1) is 0 Å². The minimum absolute atomic E-state index is 0.0253. The van der Waals surface area contributed by atoms with E-state index in [1.165, 1.54) is 10.2 Å². The Morgan fingerprint density at radius 1 is 1.21 bits per heavy atom. The quantitative estimate of drug-likeness (QED) is 0.425. The number of rotatable bonds is 6. The molecule has 34 heavy (non-hydrogen) atoms. The van der Waals surface area contributed by atoms with Crippen LogP contribution in [0.25, 0.3) is 22.2 Å². The third-order valence-electron chi connectivity index (χ3n) is 6.14. The molecule has 8 heteroatoms. The van der Waals surface area contributed by atoms with Gasteiger partial charge in [-0.05, 0) is 42.0 Å². The number of fused-ring (bicyclic) bond motifs is 2. The number of aromatic nitrogens is 3. The molecule has 0 spiro atoms. The molecule has 5 rings (SSSR count). The minimum atomic E-state index is -0.308. The second-order valence-corrected chi connectivity index (χ2v) is 8.87. The van der Waals surface area contributed by atoms with Crippen LogP contribution >= 0.6 is 0 Å². The summed E-state index contributed by atoms with van der Waals surface area (Å²) in [5.41, 5.74) is 11.2. The summed E-state index contributed by atoms with van der Waals surface area (Å²) in [5.74, 6) is 0.345. The molecule has 0 saturated carbocycles. The molecule has 2 aromatic heterocycles. The number of carbonyl (C=O) groups excluding carboxylic acids is 1. The van der Waals surface area contributed by atoms with Crippen LogP contribution in [0.2, 0.25) is 0 Å². The first-order chi connectivity index (χ1) is 16.5. The van der Waals surface area contributed by atoms with Crippen LogP contribution in [0.3, 0.4) is 0 Å². The lowest BCUT2D eigenvalue weighted by Gasteiger charge is -2.10. The third kappa shape index (κ3) is 4.24. The zero-order valence-electron chi connectivity index (χ0n) is 19.4. The van der Waals surface area contributed by atoms with Crippen LogP contribution in [-0.2, 0) is 4.74 Å². The predicted molar refractivity (Wildman–Crippen MR) is 134 cm³/mol. The molecule has 8 nitrogen and oxygen atoms in total. The number of hydrogen-bond acceptors (Lipinski definition) is 6. The third-order valence-corrected chi connectivity index (χ3v) is 6.14. The van der Waals surface area contributed by atoms with Gasteiger partial charge >= 0.3 is 0 Å². The van der Waals surface area contributed by atoms with Gasteiger partial charge in [0, 0.05) is 13.2 Å². The van der Waals surface area contributed by atoms with E-state index in [0.717, 1.165) is 25.0 Å². The second kappa shape index (κ2) is 9.23. The van der Waals surface area contributed by atoms with Gasteiger partial charge in [-0.3, -0.25) is 4.79 Å². The van der Waals surface area contributed by atoms with Crippen molar-refractivity contribution in [1.82, 2.24) is 20.0 Å². The lowest BCUT2D eigenvalue weighted by Crippen LogP contribution is -2.32. The topological polar surface area (TPSA) is 107 Å². The molecule has 1 atom stereocenters. The number of anilines is 1. The van der Waals surface area contributed by atoms with Crippen molar-refractivity contribution in [3.05, 3.63) is 65.2 Å². The second-order valence-electron chi connectivity index (χ2n) is 8.87. The number of para-hydroxylation sites is 2. The maximum atomic E-state index is 13.2. The SMILES string of the molecule is CC(C)c1ccc(C=Nn2c(N)c(C(=O)NCC3CCCO3)c3nc4ccccc4nc32)cc1. The lowest BCUT2D eigenvalue weighted by molar-refractivity contribution is 0.0859. The molecule has 0 aliphatic carbocycles. The molecule has 174 valence electrons. The number of carbonyl (C=O) groups is 1. The molecule has 1 aliphatic heterocycles. The Hall–Kier alpha value is -3.78. The van der Waals surface area contributed by atoms with Crippen molar-refractivity contribution in [2.24, 2.45) is 5.10 Å². The first kappa shape index (κ1) is 22.0. The van der Waals surface area contributed by atoms with Gasteiger partial charge in [-0.1, -0.05) is 50.2 Å². The summed E-state index contributed by atoms with van der Waals surface area (Å²) in [6.07, 6.45) is 3.68. The lowest BCUT2D eigenvalue weighted by atomic mass is 10.0. The summed E-state index contributed by atoms with van der Waals surface area (Å²) in [6.45, 7) is 5.47. The average Bonchev–Trinajstić information content (AvgIpc) is 3.45. The van der Waals surface area contributed by atoms with Crippen molar-refractivity contribution >= 4 is 40.1 Å². The Bertz CT molecular complexity index is 1370. The number of ether oxygens (including phenoxy) is 1. The predicted octanol–water partition coefficient (Wildman–Crippen LogP) is 4.08. The molecule has 1 fully saturated rings. The first-order valence-electron chi connectivity index (χ1n) is 11.6. The van der Waals surface area contributed by atoms with Gasteiger partial charge in [0.2, 0.25) is 0 Å². The van der Waals surface area contributed by atoms with Crippen molar-refractivity contribution in [3.63, 3.8) is 0 Å². The van der Waals surface area contributed by atoms with Crippen LogP contribution in [0.15, 0.2) is 53.6 Å². The van der Waals surface area contributed by atoms with Gasteiger partial charge in [0.25, 0.3) is 5.91 Å². The molecule has 1 saturated heterocycles. The average molecular weight is 457 g/mol. The summed E-state index contributed by atoms with van der Waals surface area (Å²) in [6, 6.07) is 15.7. The van der Waals surface area contributed by atoms with E-state index in [2.05, 4.69) is 36.4 Å². The Labute approximate surface area is 197 Å². The van der Waals surface area contributed by atoms with Gasteiger partial charge < -0.3 is 15.8 Å². The molecule has 2 aromatic carbocycles. The standard InChI is InChI=1S/C26H28N6O2/c1-16(2)18-11-9-17(10-12-18)14-29-32-24(27)22(26(33)28-15-19-6-5-13-34-19)23-25(32)31-21-8-4-3-7-20(21)30-23/h3-4,7-12,14,16,19H,5-6,13,15,27H2,1-2H3,(H,28,33). The highest BCUT2D eigenvalue weighted by atomic mass is 16.5. The van der Waals surface area contributed by atoms with Crippen LogP contribution in [0, 0.1) is 0 Å². The molecule has 3 heterocycles. The fourth-order valence-corrected chi connectivity index (χ4v) is 4.18. The Balaban J connectivity index is 1.55. The van der Waals surface area contributed by atoms with Crippen molar-refractivity contribution in [3.8, 4) is 0 Å². The van der Waals surface area contributed by atoms with Crippen LogP contribution in [0.1, 0.15) is 54.1 Å². The Morgan fingerprint density at radius 2 is 1.94 bits per heavy atom. The molecule has 4 aromatic rings. The number of nitrogen functional groups attached to an aromatic ring is 1. The fraction of sp³-hybridized carbons (Fsp3) is 0.308. The summed E-state index contributed by atoms with van der Waals surface area (Å²) < 4.78 is 7.12. The van der Waals surface area contributed by atoms with E-state index in [1.54, 1.807) is 6.21 Å². The zero-order chi connectivity index (χ0) is 23.7. The van der Waals surface area contributed by atoms with Crippen molar-refractivity contribution in [1.29, 1.82) is 0 Å². The largest absolute Gasteiger partial charge is 0.383 e. The van der Waals surface area contributed by atoms with Crippen LogP contribution in [0.4, 0.5) is 5.82 Å². The van der Waals surface area contributed by atoms with Crippen LogP contribution < -0.4 is 11.1 Å². The van der Waals surface area contributed by atoms with Crippen molar-refractivity contribution in [2.45, 2.75) is 38.7 Å². The fourth-order valence-electron chi connectivity index (χ4n) is 4.18. The molecule has 3 N–H and O–H groups in total. The monoisotopic (exact) mass is 456 g/mol. The van der Waals surface area contributed by atoms with Gasteiger partial charge in [0.05, 0.1) is 23.4 Å². The normalized spacial score (nSPS) is 16.3. The zero-order valence-corrected chi connectivity index (χ0v) is 19.4. The number of nitrogens with two attached hydrogens (primary N) is 1. The maximum Gasteiger partial charge on any atom is 0.257 e. The van der Waals surface area contributed by atoms with E-state index in [1.807, 2.05) is 36.4 Å². The smallest absolute Gasteiger partial charge is 0.257 e. The minimum Gasteiger partial charge on any atom is -0.383 e. The van der Waals surface area contributed by atoms with Crippen LogP contribution in [-0.4, -0.2) is 46.0 Å². The molecular formula is C26H28N6O2. The summed E-state index contributed by atoms with van der Waals surface area (Å²) in [5, 5.41) is 7.53. The van der Waals surface area contributed by atoms with E-state index in [9.17, 15) is 4.79 Å². The highest BCUT2D eigenvalue weighted by Crippen LogP contribution is 2.28. The molecule has 0 bridgehead atoms. The first-order valence-corrected chi connectivity index (χ1v) is 11.6. The summed E-state index contributed by atoms with van der Waals surface area (Å²) in [7, 11) is 0. The number of amides is 1. The van der Waals surface area contributed by atoms with Crippen molar-refractivity contribution < 1.29 is 9.53 Å². The summed E-state index contributed by atoms with van der Waals surface area (Å²) in [4.78, 5) is 22.6. The number of nitrogens with one attached hydrogen (secondary N) is 1. The van der Waals surface area contributed by atoms with E-state index >= 15 is 0 Å². The van der Waals surface area contributed by atoms with Crippen LogP contribution in [0.5, 0.6) is 0 Å². The van der Waals surface area contributed by atoms with Gasteiger partial charge in [0.1, 0.15) is 16.9 Å². The Kier molecular flexibility index (Phi) is 5.98. The van der Waals surface area contributed by atoms with Gasteiger partial charge in [0.15, 0.2) is 5.65 Å². The number of nitrogens with zero attached hydrogens (tertiary/aromatic N) is 4. The Morgan fingerprint density at radius 3 is 2.62 bits per heavy atom. The molecule has 1 amide bonds. The highest BCUT2D eigenvalue weighted by molar-refractivity contribution is 6.10. The summed E-state index contributed by atoms with van der Waals surface area (Å²) >= 11 is 0. The van der Waals surface area contributed by atoms with E-state index in [-0.39, 0.29) is 23.4 Å². The molecule has 0 radical (unpaired) electrons. The maximum absolute atomic E-state index is 13.2. The number of hydrogen-bond donors (Lipinski definition) is 2. The molecule has 1 unspecified atom stereocenters. The van der Waals surface area contributed by atoms with Crippen molar-refractivity contribution in [2.75, 3.05) is 18.9 Å². The number of benzene rings is 2. The van der Waals surface area contributed by atoms with Gasteiger partial charge in [-0.25, -0.2) is 9.97 Å². The highest BCUT2D eigenvalue weighted by Gasteiger charge is 2.25. The van der Waals surface area contributed by atoms with E-state index < -0.39 is 0 Å². The van der Waals surface area contributed by atoms with E-state index in [0.29, 0.717) is 34.7 Å². The van der Waals surface area contributed by atoms with Gasteiger partial charge in [-0.2, -0.15) is 9.78 Å². The van der Waals surface area contributed by atoms with E-state index in [4.69, 9.17) is 20.4 Å². The molecule has 1 aliphatic rings. The molecular weight excluding hydrogens is 428 g/mol.